The molecule has 0 saturated heterocycles. The molecule has 0 aromatic rings. The minimum absolute atomic E-state index is 0. The number of hydrogen-bond donors (Lipinski definition) is 2. The van der Waals surface area contributed by atoms with Gasteiger partial charge >= 0.3 is 0 Å². The monoisotopic (exact) mass is 237 g/mol. The number of carbonyl (C=O) groups excluding carboxylic acids is 1. The maximum Gasteiger partial charge on any atom is 0.225 e. The lowest BCUT2D eigenvalue weighted by Crippen LogP contribution is -3.00. The van der Waals surface area contributed by atoms with E-state index in [0.29, 0.717) is 17.4 Å². The summed E-state index contributed by atoms with van der Waals surface area (Å²) in [6, 6.07) is 0. The highest BCUT2D eigenvalue weighted by atomic mass is 35.5. The molecule has 0 aliphatic carbocycles. The van der Waals surface area contributed by atoms with E-state index in [1.807, 2.05) is 21.1 Å². The summed E-state index contributed by atoms with van der Waals surface area (Å²) < 4.78 is 0.681. The molecule has 1 atom stereocenters. The molecule has 0 spiro atoms. The van der Waals surface area contributed by atoms with Crippen LogP contribution in [-0.4, -0.2) is 54.3 Å². The maximum atomic E-state index is 11.2. The number of quaternary nitrogens is 1. The quantitative estimate of drug-likeness (QED) is 0.315. The molecule has 0 heterocycles. The standard InChI is InChI=1S/C10H19NO3.ClH/c1-5-8(12)10(14)9(13)6-7-11(2,3)4;/h5,9,13H,6-7H2,1-4H3;1H. The van der Waals surface area contributed by atoms with Gasteiger partial charge in [0.05, 0.1) is 27.7 Å². The normalized spacial score (nSPS) is 14.3. The lowest BCUT2D eigenvalue weighted by Gasteiger charge is -2.24. The second-order valence-corrected chi connectivity index (χ2v) is 4.36. The second-order valence-electron chi connectivity index (χ2n) is 4.36. The topological polar surface area (TPSA) is 57.5 Å². The fraction of sp³-hybridized carbons (Fsp3) is 0.700. The lowest BCUT2D eigenvalue weighted by molar-refractivity contribution is -0.870. The number of rotatable bonds is 5. The minimum atomic E-state index is -1.09. The summed E-state index contributed by atoms with van der Waals surface area (Å²) in [4.78, 5) is 11.2. The summed E-state index contributed by atoms with van der Waals surface area (Å²) in [6.07, 6.45) is 0.557. The highest BCUT2D eigenvalue weighted by Crippen LogP contribution is 2.04. The Hall–Kier alpha value is -0.580. The van der Waals surface area contributed by atoms with Crippen LogP contribution < -0.4 is 12.4 Å². The van der Waals surface area contributed by atoms with Gasteiger partial charge in [-0.2, -0.15) is 0 Å². The number of hydrogen-bond acceptors (Lipinski definition) is 3. The third kappa shape index (κ3) is 7.36. The number of aliphatic hydroxyl groups excluding tert-OH is 2. The zero-order valence-corrected chi connectivity index (χ0v) is 10.5. The maximum absolute atomic E-state index is 11.2. The summed E-state index contributed by atoms with van der Waals surface area (Å²) in [5, 5.41) is 18.5. The number of aliphatic hydroxyl groups is 2. The van der Waals surface area contributed by atoms with E-state index in [4.69, 9.17) is 5.11 Å². The van der Waals surface area contributed by atoms with Crippen LogP contribution in [0, 0.1) is 0 Å². The first-order valence-electron chi connectivity index (χ1n) is 4.66. The van der Waals surface area contributed by atoms with Crippen LogP contribution >= 0.6 is 0 Å². The number of ketones is 1. The van der Waals surface area contributed by atoms with Crippen LogP contribution in [0.2, 0.25) is 0 Å². The van der Waals surface area contributed by atoms with Crippen molar-refractivity contribution in [2.24, 2.45) is 0 Å². The van der Waals surface area contributed by atoms with Gasteiger partial charge in [-0.1, -0.05) is 0 Å². The highest BCUT2D eigenvalue weighted by molar-refractivity contribution is 5.96. The average Bonchev–Trinajstić information content (AvgIpc) is 2.10. The molecule has 90 valence electrons. The van der Waals surface area contributed by atoms with Crippen molar-refractivity contribution in [3.8, 4) is 0 Å². The van der Waals surface area contributed by atoms with Gasteiger partial charge in [-0.05, 0) is 13.0 Å². The Morgan fingerprint density at radius 2 is 1.87 bits per heavy atom. The zero-order chi connectivity index (χ0) is 11.4. The molecule has 5 heteroatoms. The van der Waals surface area contributed by atoms with Gasteiger partial charge in [0.1, 0.15) is 6.10 Å². The summed E-state index contributed by atoms with van der Waals surface area (Å²) in [5.74, 6) is -0.958. The number of carbonyl (C=O) groups is 1. The summed E-state index contributed by atoms with van der Waals surface area (Å²) >= 11 is 0. The van der Waals surface area contributed by atoms with E-state index >= 15 is 0 Å². The number of allylic oxidation sites excluding steroid dienone is 1. The van der Waals surface area contributed by atoms with Crippen LogP contribution in [0.15, 0.2) is 11.8 Å². The highest BCUT2D eigenvalue weighted by Gasteiger charge is 2.21. The summed E-state index contributed by atoms with van der Waals surface area (Å²) in [5.41, 5.74) is 0. The van der Waals surface area contributed by atoms with Crippen molar-refractivity contribution >= 4 is 5.78 Å². The molecule has 0 aliphatic heterocycles. The van der Waals surface area contributed by atoms with Crippen molar-refractivity contribution in [2.75, 3.05) is 27.7 Å². The molecule has 4 nitrogen and oxygen atoms in total. The molecule has 1 unspecified atom stereocenters. The van der Waals surface area contributed by atoms with Gasteiger partial charge in [0.15, 0.2) is 5.76 Å². The largest absolute Gasteiger partial charge is 1.00 e. The van der Waals surface area contributed by atoms with Crippen molar-refractivity contribution in [2.45, 2.75) is 19.4 Å². The Kier molecular flexibility index (Phi) is 7.66. The first-order chi connectivity index (χ1) is 6.28. The number of nitrogens with zero attached hydrogens (tertiary/aromatic N) is 1. The van der Waals surface area contributed by atoms with Crippen LogP contribution in [0.25, 0.3) is 0 Å². The molecule has 0 radical (unpaired) electrons. The van der Waals surface area contributed by atoms with Crippen molar-refractivity contribution in [3.63, 3.8) is 0 Å². The molecule has 0 aliphatic rings. The molecule has 0 bridgehead atoms. The van der Waals surface area contributed by atoms with Crippen molar-refractivity contribution in [1.82, 2.24) is 0 Å². The molecule has 15 heavy (non-hydrogen) atoms. The molecule has 0 fully saturated rings. The Morgan fingerprint density at radius 1 is 1.40 bits per heavy atom. The van der Waals surface area contributed by atoms with E-state index in [9.17, 15) is 9.90 Å². The zero-order valence-electron chi connectivity index (χ0n) is 9.70. The van der Waals surface area contributed by atoms with Gasteiger partial charge < -0.3 is 27.1 Å². The Morgan fingerprint density at radius 3 is 2.20 bits per heavy atom. The van der Waals surface area contributed by atoms with Crippen molar-refractivity contribution in [3.05, 3.63) is 11.8 Å². The molecule has 0 aromatic carbocycles. The van der Waals surface area contributed by atoms with Gasteiger partial charge in [0, 0.05) is 6.42 Å². The van der Waals surface area contributed by atoms with Gasteiger partial charge in [-0.3, -0.25) is 4.79 Å². The summed E-state index contributed by atoms with van der Waals surface area (Å²) in [6.45, 7) is 2.24. The first kappa shape index (κ1) is 16.8. The fourth-order valence-electron chi connectivity index (χ4n) is 0.954. The molecular formula is C10H20ClNO3. The van der Waals surface area contributed by atoms with E-state index in [2.05, 4.69) is 0 Å². The molecule has 0 saturated carbocycles. The van der Waals surface area contributed by atoms with Gasteiger partial charge in [0.2, 0.25) is 5.78 Å². The molecule has 0 amide bonds. The Labute approximate surface area is 97.2 Å². The number of halogens is 1. The first-order valence-corrected chi connectivity index (χ1v) is 4.66. The third-order valence-corrected chi connectivity index (χ3v) is 1.90. The van der Waals surface area contributed by atoms with Crippen molar-refractivity contribution < 1.29 is 31.9 Å². The SMILES string of the molecule is CC=C(O)C(=O)C(O)CC[N+](C)(C)C.[Cl-]. The third-order valence-electron chi connectivity index (χ3n) is 1.90. The minimum Gasteiger partial charge on any atom is -1.00 e. The van der Waals surface area contributed by atoms with E-state index in [-0.39, 0.29) is 18.2 Å². The molecular weight excluding hydrogens is 218 g/mol. The van der Waals surface area contributed by atoms with Crippen LogP contribution in [0.1, 0.15) is 13.3 Å². The fourth-order valence-corrected chi connectivity index (χ4v) is 0.954. The van der Waals surface area contributed by atoms with Crippen LogP contribution in [0.4, 0.5) is 0 Å². The lowest BCUT2D eigenvalue weighted by atomic mass is 10.1. The van der Waals surface area contributed by atoms with E-state index < -0.39 is 11.9 Å². The van der Waals surface area contributed by atoms with E-state index in [0.717, 1.165) is 0 Å². The predicted molar refractivity (Wildman–Crippen MR) is 54.9 cm³/mol. The predicted octanol–water partition coefficient (Wildman–Crippen LogP) is -2.52. The van der Waals surface area contributed by atoms with Crippen molar-refractivity contribution in [1.29, 1.82) is 0 Å². The Bertz CT molecular complexity index is 233. The Balaban J connectivity index is 0. The van der Waals surface area contributed by atoms with Gasteiger partial charge in [0.25, 0.3) is 0 Å². The average molecular weight is 238 g/mol. The second kappa shape index (κ2) is 6.82. The number of Topliss-reactive ketones (excluding diaryl/α,β-unsaturated/α-hetero) is 1. The van der Waals surface area contributed by atoms with E-state index in [1.54, 1.807) is 6.92 Å². The van der Waals surface area contributed by atoms with Gasteiger partial charge in [-0.25, -0.2) is 0 Å². The van der Waals surface area contributed by atoms with Crippen LogP contribution in [0.3, 0.4) is 0 Å². The molecule has 2 N–H and O–H groups in total. The van der Waals surface area contributed by atoms with Crippen LogP contribution in [-0.2, 0) is 4.79 Å². The summed E-state index contributed by atoms with van der Waals surface area (Å²) in [7, 11) is 5.94. The molecule has 0 aromatic heterocycles. The van der Waals surface area contributed by atoms with Crippen LogP contribution in [0.5, 0.6) is 0 Å². The molecule has 0 rings (SSSR count). The smallest absolute Gasteiger partial charge is 0.225 e. The van der Waals surface area contributed by atoms with E-state index in [1.165, 1.54) is 6.08 Å². The van der Waals surface area contributed by atoms with Gasteiger partial charge in [-0.15, -0.1) is 0 Å².